The van der Waals surface area contributed by atoms with Gasteiger partial charge in [0.1, 0.15) is 22.3 Å². The molecular weight excluding hydrogens is 417 g/mol. The summed E-state index contributed by atoms with van der Waals surface area (Å²) in [5, 5.41) is 5.54. The number of carbonyl (C=O) groups is 1. The molecule has 0 saturated carbocycles. The first-order valence-corrected chi connectivity index (χ1v) is 11.0. The zero-order valence-corrected chi connectivity index (χ0v) is 18.0. The van der Waals surface area contributed by atoms with Gasteiger partial charge in [0.2, 0.25) is 0 Å². The molecule has 6 nitrogen and oxygen atoms in total. The first-order chi connectivity index (χ1) is 15.1. The average Bonchev–Trinajstić information content (AvgIpc) is 3.31. The summed E-state index contributed by atoms with van der Waals surface area (Å²) < 4.78 is 24.0. The standard InChI is InChI=1S/C23H24FN3O3S/c1-29-19-8-4-17(5-9-19)23-26-20(15-31-23)22(28)25-14-21(27-10-12-30-13-11-27)16-2-6-18(24)7-3-16/h2-9,15,21H,10-14H2,1H3,(H,25,28). The molecule has 1 fully saturated rings. The van der Waals surface area contributed by atoms with E-state index in [0.717, 1.165) is 35.0 Å². The number of hydrogen-bond donors (Lipinski definition) is 1. The van der Waals surface area contributed by atoms with Gasteiger partial charge in [0.25, 0.3) is 5.91 Å². The summed E-state index contributed by atoms with van der Waals surface area (Å²) in [6, 6.07) is 14.0. The van der Waals surface area contributed by atoms with Crippen LogP contribution in [0.2, 0.25) is 0 Å². The van der Waals surface area contributed by atoms with Gasteiger partial charge in [-0.25, -0.2) is 9.37 Å². The van der Waals surface area contributed by atoms with Crippen molar-refractivity contribution in [2.24, 2.45) is 0 Å². The number of hydrogen-bond acceptors (Lipinski definition) is 6. The normalized spacial score (nSPS) is 15.4. The molecule has 8 heteroatoms. The molecule has 0 radical (unpaired) electrons. The van der Waals surface area contributed by atoms with E-state index in [-0.39, 0.29) is 17.8 Å². The Morgan fingerprint density at radius 1 is 1.19 bits per heavy atom. The van der Waals surface area contributed by atoms with Crippen molar-refractivity contribution in [3.63, 3.8) is 0 Å². The predicted molar refractivity (Wildman–Crippen MR) is 118 cm³/mol. The number of carbonyl (C=O) groups excluding carboxylic acids is 1. The summed E-state index contributed by atoms with van der Waals surface area (Å²) in [4.78, 5) is 19.5. The number of aromatic nitrogens is 1. The van der Waals surface area contributed by atoms with Gasteiger partial charge in [0, 0.05) is 30.6 Å². The van der Waals surface area contributed by atoms with Gasteiger partial charge >= 0.3 is 0 Å². The predicted octanol–water partition coefficient (Wildman–Crippen LogP) is 3.76. The van der Waals surface area contributed by atoms with Crippen LogP contribution >= 0.6 is 11.3 Å². The van der Waals surface area contributed by atoms with Gasteiger partial charge < -0.3 is 14.8 Å². The Hall–Kier alpha value is -2.81. The van der Waals surface area contributed by atoms with E-state index in [9.17, 15) is 9.18 Å². The van der Waals surface area contributed by atoms with Gasteiger partial charge in [-0.2, -0.15) is 0 Å². The third kappa shape index (κ3) is 5.28. The number of thiazole rings is 1. The van der Waals surface area contributed by atoms with E-state index in [0.29, 0.717) is 25.5 Å². The fourth-order valence-electron chi connectivity index (χ4n) is 3.56. The molecule has 0 spiro atoms. The fourth-order valence-corrected chi connectivity index (χ4v) is 4.36. The summed E-state index contributed by atoms with van der Waals surface area (Å²) in [5.74, 6) is 0.270. The maximum absolute atomic E-state index is 13.4. The van der Waals surface area contributed by atoms with Crippen LogP contribution in [0.25, 0.3) is 10.6 Å². The van der Waals surface area contributed by atoms with Crippen molar-refractivity contribution in [1.29, 1.82) is 0 Å². The van der Waals surface area contributed by atoms with E-state index in [1.807, 2.05) is 24.3 Å². The molecule has 31 heavy (non-hydrogen) atoms. The molecule has 0 bridgehead atoms. The van der Waals surface area contributed by atoms with E-state index in [1.165, 1.54) is 23.5 Å². The number of methoxy groups -OCH3 is 1. The Kier molecular flexibility index (Phi) is 6.91. The van der Waals surface area contributed by atoms with Crippen LogP contribution in [0.5, 0.6) is 5.75 Å². The van der Waals surface area contributed by atoms with Crippen molar-refractivity contribution in [2.45, 2.75) is 6.04 Å². The van der Waals surface area contributed by atoms with Crippen LogP contribution in [-0.4, -0.2) is 55.7 Å². The zero-order chi connectivity index (χ0) is 21.6. The molecule has 4 rings (SSSR count). The van der Waals surface area contributed by atoms with Gasteiger partial charge in [-0.3, -0.25) is 9.69 Å². The van der Waals surface area contributed by atoms with E-state index in [2.05, 4.69) is 15.2 Å². The number of ether oxygens (including phenoxy) is 2. The molecular formula is C23H24FN3O3S. The molecule has 1 N–H and O–H groups in total. The lowest BCUT2D eigenvalue weighted by Gasteiger charge is -2.34. The van der Waals surface area contributed by atoms with Crippen LogP contribution in [0.15, 0.2) is 53.9 Å². The Morgan fingerprint density at radius 3 is 2.58 bits per heavy atom. The highest BCUT2D eigenvalue weighted by atomic mass is 32.1. The third-order valence-electron chi connectivity index (χ3n) is 5.27. The Morgan fingerprint density at radius 2 is 1.90 bits per heavy atom. The second kappa shape index (κ2) is 10.00. The summed E-state index contributed by atoms with van der Waals surface area (Å²) in [7, 11) is 1.62. The molecule has 1 unspecified atom stereocenters. The van der Waals surface area contributed by atoms with Crippen molar-refractivity contribution >= 4 is 17.2 Å². The van der Waals surface area contributed by atoms with E-state index < -0.39 is 0 Å². The maximum atomic E-state index is 13.4. The minimum atomic E-state index is -0.276. The smallest absolute Gasteiger partial charge is 0.270 e. The largest absolute Gasteiger partial charge is 0.497 e. The van der Waals surface area contributed by atoms with Gasteiger partial charge in [0.05, 0.1) is 26.4 Å². The van der Waals surface area contributed by atoms with Crippen molar-refractivity contribution < 1.29 is 18.7 Å². The van der Waals surface area contributed by atoms with Gasteiger partial charge in [0.15, 0.2) is 0 Å². The Labute approximate surface area is 184 Å². The Bertz CT molecular complexity index is 1000. The lowest BCUT2D eigenvalue weighted by atomic mass is 10.0. The highest BCUT2D eigenvalue weighted by Gasteiger charge is 2.24. The van der Waals surface area contributed by atoms with Gasteiger partial charge in [-0.1, -0.05) is 12.1 Å². The van der Waals surface area contributed by atoms with Crippen LogP contribution in [0, 0.1) is 5.82 Å². The minimum absolute atomic E-state index is 0.0619. The number of benzene rings is 2. The van der Waals surface area contributed by atoms with Crippen LogP contribution in [0.1, 0.15) is 22.1 Å². The molecule has 1 aliphatic heterocycles. The zero-order valence-electron chi connectivity index (χ0n) is 17.2. The summed E-state index contributed by atoms with van der Waals surface area (Å²) in [6.45, 7) is 3.21. The number of morpholine rings is 1. The first kappa shape index (κ1) is 21.4. The van der Waals surface area contributed by atoms with Crippen LogP contribution in [0.3, 0.4) is 0 Å². The molecule has 2 aromatic carbocycles. The first-order valence-electron chi connectivity index (χ1n) is 10.1. The van der Waals surface area contributed by atoms with Crippen molar-refractivity contribution in [2.75, 3.05) is 40.0 Å². The fraction of sp³-hybridized carbons (Fsp3) is 0.304. The molecule has 1 saturated heterocycles. The third-order valence-corrected chi connectivity index (χ3v) is 6.16. The van der Waals surface area contributed by atoms with E-state index >= 15 is 0 Å². The molecule has 0 aliphatic carbocycles. The number of rotatable bonds is 7. The summed E-state index contributed by atoms with van der Waals surface area (Å²) in [6.07, 6.45) is 0. The van der Waals surface area contributed by atoms with Crippen molar-refractivity contribution in [1.82, 2.24) is 15.2 Å². The topological polar surface area (TPSA) is 63.7 Å². The van der Waals surface area contributed by atoms with Crippen molar-refractivity contribution in [3.8, 4) is 16.3 Å². The molecule has 1 aliphatic rings. The van der Waals surface area contributed by atoms with Crippen LogP contribution in [-0.2, 0) is 4.74 Å². The summed E-state index contributed by atoms with van der Waals surface area (Å²) in [5.41, 5.74) is 2.28. The molecule has 1 amide bonds. The van der Waals surface area contributed by atoms with Gasteiger partial charge in [-0.15, -0.1) is 11.3 Å². The molecule has 3 aromatic rings. The molecule has 2 heterocycles. The van der Waals surface area contributed by atoms with Crippen LogP contribution in [0.4, 0.5) is 4.39 Å². The highest BCUT2D eigenvalue weighted by Crippen LogP contribution is 2.26. The molecule has 1 aromatic heterocycles. The highest BCUT2D eigenvalue weighted by molar-refractivity contribution is 7.13. The second-order valence-corrected chi connectivity index (χ2v) is 8.05. The summed E-state index contributed by atoms with van der Waals surface area (Å²) >= 11 is 1.42. The maximum Gasteiger partial charge on any atom is 0.270 e. The van der Waals surface area contributed by atoms with E-state index in [1.54, 1.807) is 24.6 Å². The van der Waals surface area contributed by atoms with Crippen molar-refractivity contribution in [3.05, 3.63) is 71.0 Å². The number of nitrogens with one attached hydrogen (secondary N) is 1. The number of halogens is 1. The average molecular weight is 442 g/mol. The monoisotopic (exact) mass is 441 g/mol. The Balaban J connectivity index is 1.44. The number of amides is 1. The van der Waals surface area contributed by atoms with Gasteiger partial charge in [-0.05, 0) is 42.0 Å². The van der Waals surface area contributed by atoms with E-state index in [4.69, 9.17) is 9.47 Å². The van der Waals surface area contributed by atoms with Crippen LogP contribution < -0.4 is 10.1 Å². The number of nitrogens with zero attached hydrogens (tertiary/aromatic N) is 2. The SMILES string of the molecule is COc1ccc(-c2nc(C(=O)NCC(c3ccc(F)cc3)N3CCOCC3)cs2)cc1. The minimum Gasteiger partial charge on any atom is -0.497 e. The second-order valence-electron chi connectivity index (χ2n) is 7.19. The molecule has 162 valence electrons. The lowest BCUT2D eigenvalue weighted by molar-refractivity contribution is 0.0162. The molecule has 1 atom stereocenters. The quantitative estimate of drug-likeness (QED) is 0.605. The lowest BCUT2D eigenvalue weighted by Crippen LogP contribution is -2.43.